The number of carbonyl (C=O) groups excluding carboxylic acids is 2. The maximum absolute atomic E-state index is 13.0. The maximum Gasteiger partial charge on any atom is 0.194 e. The SMILES string of the molecule is O=C1c2ccccc2C(=O)c2cc(-c3ccc(-c4nc5ccccc5s4)cc3)ccc21. The van der Waals surface area contributed by atoms with Crippen molar-refractivity contribution in [2.75, 3.05) is 0 Å². The molecule has 0 bridgehead atoms. The van der Waals surface area contributed by atoms with Gasteiger partial charge in [0.15, 0.2) is 11.6 Å². The van der Waals surface area contributed by atoms with Crippen molar-refractivity contribution >= 4 is 33.1 Å². The molecule has 3 nitrogen and oxygen atoms in total. The van der Waals surface area contributed by atoms with Crippen LogP contribution in [0.2, 0.25) is 0 Å². The molecule has 0 radical (unpaired) electrons. The molecule has 31 heavy (non-hydrogen) atoms. The molecule has 146 valence electrons. The number of fused-ring (bicyclic) bond motifs is 3. The Kier molecular flexibility index (Phi) is 3.95. The highest BCUT2D eigenvalue weighted by atomic mass is 32.1. The highest BCUT2D eigenvalue weighted by Gasteiger charge is 2.29. The summed E-state index contributed by atoms with van der Waals surface area (Å²) < 4.78 is 1.17. The molecule has 0 fully saturated rings. The molecule has 0 saturated heterocycles. The average Bonchev–Trinajstić information content (AvgIpc) is 3.27. The summed E-state index contributed by atoms with van der Waals surface area (Å²) in [5.74, 6) is -0.193. The number of ketones is 2. The first-order chi connectivity index (χ1) is 15.2. The smallest absolute Gasteiger partial charge is 0.194 e. The lowest BCUT2D eigenvalue weighted by molar-refractivity contribution is 0.0979. The van der Waals surface area contributed by atoms with E-state index in [0.717, 1.165) is 27.2 Å². The number of nitrogens with zero attached hydrogens (tertiary/aromatic N) is 1. The molecule has 1 heterocycles. The molecule has 0 atom stereocenters. The Balaban J connectivity index is 1.38. The quantitative estimate of drug-likeness (QED) is 0.327. The van der Waals surface area contributed by atoms with E-state index in [1.54, 1.807) is 41.7 Å². The molecule has 1 aliphatic carbocycles. The molecular formula is C27H15NO2S. The van der Waals surface area contributed by atoms with Gasteiger partial charge in [0, 0.05) is 27.8 Å². The van der Waals surface area contributed by atoms with Gasteiger partial charge < -0.3 is 0 Å². The normalized spacial score (nSPS) is 12.6. The minimum Gasteiger partial charge on any atom is -0.289 e. The lowest BCUT2D eigenvalue weighted by atomic mass is 9.83. The Hall–Kier alpha value is -3.89. The number of hydrogen-bond acceptors (Lipinski definition) is 4. The lowest BCUT2D eigenvalue weighted by Crippen LogP contribution is -2.20. The third-order valence-electron chi connectivity index (χ3n) is 5.68. The highest BCUT2D eigenvalue weighted by Crippen LogP contribution is 2.33. The van der Waals surface area contributed by atoms with Crippen molar-refractivity contribution in [2.24, 2.45) is 0 Å². The summed E-state index contributed by atoms with van der Waals surface area (Å²) in [6, 6.07) is 28.8. The van der Waals surface area contributed by atoms with Gasteiger partial charge >= 0.3 is 0 Å². The summed E-state index contributed by atoms with van der Waals surface area (Å²) in [4.78, 5) is 30.5. The van der Waals surface area contributed by atoms with Crippen LogP contribution in [0.15, 0.2) is 91.0 Å². The van der Waals surface area contributed by atoms with Crippen molar-refractivity contribution < 1.29 is 9.59 Å². The molecule has 0 unspecified atom stereocenters. The van der Waals surface area contributed by atoms with Crippen LogP contribution in [0.25, 0.3) is 31.9 Å². The summed E-state index contributed by atoms with van der Waals surface area (Å²) >= 11 is 1.67. The molecule has 4 heteroatoms. The van der Waals surface area contributed by atoms with Crippen molar-refractivity contribution in [3.8, 4) is 21.7 Å². The van der Waals surface area contributed by atoms with Crippen LogP contribution < -0.4 is 0 Å². The number of para-hydroxylation sites is 1. The van der Waals surface area contributed by atoms with E-state index in [1.807, 2.05) is 42.5 Å². The minimum absolute atomic E-state index is 0.0945. The summed E-state index contributed by atoms with van der Waals surface area (Å²) in [7, 11) is 0. The van der Waals surface area contributed by atoms with Crippen LogP contribution >= 0.6 is 11.3 Å². The first-order valence-corrected chi connectivity index (χ1v) is 10.8. The topological polar surface area (TPSA) is 47.0 Å². The van der Waals surface area contributed by atoms with Crippen LogP contribution in [0, 0.1) is 0 Å². The van der Waals surface area contributed by atoms with E-state index in [0.29, 0.717) is 22.3 Å². The van der Waals surface area contributed by atoms with Crippen molar-refractivity contribution in [1.29, 1.82) is 0 Å². The van der Waals surface area contributed by atoms with E-state index >= 15 is 0 Å². The van der Waals surface area contributed by atoms with Gasteiger partial charge in [0.2, 0.25) is 0 Å². The van der Waals surface area contributed by atoms with Gasteiger partial charge in [-0.25, -0.2) is 4.98 Å². The van der Waals surface area contributed by atoms with Crippen molar-refractivity contribution in [2.45, 2.75) is 0 Å². The number of thiazole rings is 1. The number of carbonyl (C=O) groups is 2. The molecule has 0 saturated carbocycles. The standard InChI is InChI=1S/C27H15NO2S/c29-25-19-5-1-2-6-20(19)26(30)22-15-18(13-14-21(22)25)16-9-11-17(12-10-16)27-28-23-7-3-4-8-24(23)31-27/h1-15H. The van der Waals surface area contributed by atoms with E-state index in [4.69, 9.17) is 4.98 Å². The van der Waals surface area contributed by atoms with Crippen LogP contribution in [0.5, 0.6) is 0 Å². The number of aromatic nitrogens is 1. The fraction of sp³-hybridized carbons (Fsp3) is 0. The van der Waals surface area contributed by atoms with E-state index in [9.17, 15) is 9.59 Å². The molecule has 0 spiro atoms. The third kappa shape index (κ3) is 2.84. The lowest BCUT2D eigenvalue weighted by Gasteiger charge is -2.18. The predicted molar refractivity (Wildman–Crippen MR) is 124 cm³/mol. The third-order valence-corrected chi connectivity index (χ3v) is 6.77. The second-order valence-corrected chi connectivity index (χ2v) is 8.56. The molecule has 0 amide bonds. The van der Waals surface area contributed by atoms with E-state index in [-0.39, 0.29) is 11.6 Å². The van der Waals surface area contributed by atoms with E-state index in [1.165, 1.54) is 4.70 Å². The second kappa shape index (κ2) is 6.83. The zero-order chi connectivity index (χ0) is 20.9. The Morgan fingerprint density at radius 2 is 1.13 bits per heavy atom. The second-order valence-electron chi connectivity index (χ2n) is 7.53. The van der Waals surface area contributed by atoms with Crippen LogP contribution in [-0.2, 0) is 0 Å². The number of rotatable bonds is 2. The minimum atomic E-state index is -0.0989. The Bertz CT molecular complexity index is 1480. The van der Waals surface area contributed by atoms with Crippen LogP contribution in [0.4, 0.5) is 0 Å². The molecule has 0 N–H and O–H groups in total. The van der Waals surface area contributed by atoms with Crippen LogP contribution in [-0.4, -0.2) is 16.6 Å². The van der Waals surface area contributed by atoms with Gasteiger partial charge in [-0.1, -0.05) is 66.7 Å². The van der Waals surface area contributed by atoms with Crippen molar-refractivity contribution in [3.05, 3.63) is 113 Å². The van der Waals surface area contributed by atoms with Crippen LogP contribution in [0.3, 0.4) is 0 Å². The van der Waals surface area contributed by atoms with Crippen molar-refractivity contribution in [1.82, 2.24) is 4.98 Å². The molecule has 4 aromatic carbocycles. The summed E-state index contributed by atoms with van der Waals surface area (Å²) in [5.41, 5.74) is 5.86. The average molecular weight is 417 g/mol. The largest absolute Gasteiger partial charge is 0.289 e. The highest BCUT2D eigenvalue weighted by molar-refractivity contribution is 7.21. The van der Waals surface area contributed by atoms with Gasteiger partial charge in [-0.3, -0.25) is 9.59 Å². The Labute approximate surface area is 182 Å². The molecule has 5 aromatic rings. The monoisotopic (exact) mass is 417 g/mol. The van der Waals surface area contributed by atoms with Gasteiger partial charge in [0.1, 0.15) is 5.01 Å². The number of benzene rings is 4. The predicted octanol–water partition coefficient (Wildman–Crippen LogP) is 6.41. The fourth-order valence-electron chi connectivity index (χ4n) is 4.08. The van der Waals surface area contributed by atoms with Crippen molar-refractivity contribution in [3.63, 3.8) is 0 Å². The van der Waals surface area contributed by atoms with Gasteiger partial charge in [0.25, 0.3) is 0 Å². The molecule has 1 aliphatic rings. The summed E-state index contributed by atoms with van der Waals surface area (Å²) in [6.07, 6.45) is 0. The molecule has 6 rings (SSSR count). The van der Waals surface area contributed by atoms with E-state index < -0.39 is 0 Å². The van der Waals surface area contributed by atoms with Gasteiger partial charge in [-0.05, 0) is 35.4 Å². The van der Waals surface area contributed by atoms with Gasteiger partial charge in [-0.2, -0.15) is 0 Å². The first-order valence-electron chi connectivity index (χ1n) is 9.98. The Morgan fingerprint density at radius 3 is 1.87 bits per heavy atom. The molecular weight excluding hydrogens is 402 g/mol. The van der Waals surface area contributed by atoms with Gasteiger partial charge in [-0.15, -0.1) is 11.3 Å². The Morgan fingerprint density at radius 1 is 0.548 bits per heavy atom. The molecule has 1 aromatic heterocycles. The fourth-order valence-corrected chi connectivity index (χ4v) is 5.05. The van der Waals surface area contributed by atoms with Crippen LogP contribution in [0.1, 0.15) is 31.8 Å². The van der Waals surface area contributed by atoms with Gasteiger partial charge in [0.05, 0.1) is 10.2 Å². The summed E-state index contributed by atoms with van der Waals surface area (Å²) in [5, 5.41) is 0.982. The summed E-state index contributed by atoms with van der Waals surface area (Å²) in [6.45, 7) is 0. The zero-order valence-electron chi connectivity index (χ0n) is 16.3. The maximum atomic E-state index is 13.0. The zero-order valence-corrected chi connectivity index (χ0v) is 17.1. The number of hydrogen-bond donors (Lipinski definition) is 0. The van der Waals surface area contributed by atoms with E-state index in [2.05, 4.69) is 18.2 Å². The molecule has 0 aliphatic heterocycles. The first kappa shape index (κ1) is 17.9.